The van der Waals surface area contributed by atoms with Gasteiger partial charge in [0, 0.05) is 22.8 Å². The fourth-order valence-electron chi connectivity index (χ4n) is 2.07. The third-order valence-electron chi connectivity index (χ3n) is 3.34. The normalized spacial score (nSPS) is 10.3. The molecular formula is C17H18BrNO. The quantitative estimate of drug-likeness (QED) is 0.760. The zero-order valence-corrected chi connectivity index (χ0v) is 13.4. The molecule has 0 radical (unpaired) electrons. The van der Waals surface area contributed by atoms with Gasteiger partial charge >= 0.3 is 0 Å². The lowest BCUT2D eigenvalue weighted by Gasteiger charge is -2.19. The smallest absolute Gasteiger partial charge is 0.183 e. The molecule has 0 aromatic heterocycles. The highest BCUT2D eigenvalue weighted by atomic mass is 79.9. The average molecular weight is 332 g/mol. The first-order valence-corrected chi connectivity index (χ1v) is 7.49. The molecule has 0 bridgehead atoms. The molecule has 0 amide bonds. The maximum absolute atomic E-state index is 12.3. The van der Waals surface area contributed by atoms with E-state index in [1.165, 1.54) is 5.56 Å². The molecule has 0 fully saturated rings. The summed E-state index contributed by atoms with van der Waals surface area (Å²) in [6, 6.07) is 15.9. The van der Waals surface area contributed by atoms with Crippen LogP contribution in [0.4, 0.5) is 5.69 Å². The van der Waals surface area contributed by atoms with Gasteiger partial charge in [0.05, 0.1) is 6.54 Å². The van der Waals surface area contributed by atoms with Crippen molar-refractivity contribution in [1.29, 1.82) is 0 Å². The van der Waals surface area contributed by atoms with E-state index in [2.05, 4.69) is 47.1 Å². The number of benzene rings is 2. The molecule has 2 rings (SSSR count). The molecule has 0 aliphatic rings. The Morgan fingerprint density at radius 3 is 2.35 bits per heavy atom. The van der Waals surface area contributed by atoms with Crippen LogP contribution in [0.2, 0.25) is 0 Å². The Labute approximate surface area is 128 Å². The van der Waals surface area contributed by atoms with Crippen LogP contribution >= 0.6 is 15.9 Å². The number of ketones is 1. The number of halogens is 1. The maximum atomic E-state index is 12.3. The zero-order chi connectivity index (χ0) is 14.5. The summed E-state index contributed by atoms with van der Waals surface area (Å²) in [5, 5.41) is 0. The van der Waals surface area contributed by atoms with Crippen molar-refractivity contribution in [2.45, 2.75) is 13.3 Å². The van der Waals surface area contributed by atoms with E-state index in [1.54, 1.807) is 0 Å². The highest BCUT2D eigenvalue weighted by Gasteiger charge is 2.12. The minimum absolute atomic E-state index is 0.111. The molecule has 0 unspecified atom stereocenters. The average Bonchev–Trinajstić information content (AvgIpc) is 2.47. The van der Waals surface area contributed by atoms with Crippen LogP contribution < -0.4 is 4.90 Å². The van der Waals surface area contributed by atoms with Crippen molar-refractivity contribution in [1.82, 2.24) is 0 Å². The third kappa shape index (κ3) is 3.48. The van der Waals surface area contributed by atoms with Gasteiger partial charge in [-0.05, 0) is 30.2 Å². The van der Waals surface area contributed by atoms with Gasteiger partial charge < -0.3 is 4.90 Å². The van der Waals surface area contributed by atoms with Crippen LogP contribution in [0, 0.1) is 0 Å². The summed E-state index contributed by atoms with van der Waals surface area (Å²) in [7, 11) is 1.94. The fourth-order valence-corrected chi connectivity index (χ4v) is 2.57. The molecule has 104 valence electrons. The molecule has 2 aromatic carbocycles. The molecule has 0 heterocycles. The van der Waals surface area contributed by atoms with Gasteiger partial charge in [-0.25, -0.2) is 0 Å². The van der Waals surface area contributed by atoms with E-state index in [0.717, 1.165) is 22.1 Å². The molecule has 20 heavy (non-hydrogen) atoms. The lowest BCUT2D eigenvalue weighted by atomic mass is 10.1. The van der Waals surface area contributed by atoms with Gasteiger partial charge in [-0.15, -0.1) is 0 Å². The number of likely N-dealkylation sites (N-methyl/N-ethyl adjacent to an activating group) is 1. The minimum atomic E-state index is 0.111. The Bertz CT molecular complexity index is 592. The maximum Gasteiger partial charge on any atom is 0.183 e. The fraction of sp³-hybridized carbons (Fsp3) is 0.235. The number of hydrogen-bond acceptors (Lipinski definition) is 2. The van der Waals surface area contributed by atoms with Gasteiger partial charge in [0.15, 0.2) is 5.78 Å². The Hall–Kier alpha value is -1.61. The summed E-state index contributed by atoms with van der Waals surface area (Å²) in [6.07, 6.45) is 1.03. The molecule has 2 nitrogen and oxygen atoms in total. The minimum Gasteiger partial charge on any atom is -0.367 e. The third-order valence-corrected chi connectivity index (χ3v) is 4.03. The molecule has 0 N–H and O–H groups in total. The Morgan fingerprint density at radius 1 is 1.10 bits per heavy atom. The first-order valence-electron chi connectivity index (χ1n) is 6.69. The number of rotatable bonds is 5. The van der Waals surface area contributed by atoms with E-state index in [4.69, 9.17) is 0 Å². The van der Waals surface area contributed by atoms with Crippen molar-refractivity contribution >= 4 is 27.4 Å². The van der Waals surface area contributed by atoms with Gasteiger partial charge in [0.1, 0.15) is 0 Å². The van der Waals surface area contributed by atoms with E-state index in [-0.39, 0.29) is 5.78 Å². The van der Waals surface area contributed by atoms with Crippen LogP contribution in [0.15, 0.2) is 53.0 Å². The molecule has 0 saturated heterocycles. The van der Waals surface area contributed by atoms with Crippen molar-refractivity contribution in [3.05, 3.63) is 64.1 Å². The van der Waals surface area contributed by atoms with E-state index in [9.17, 15) is 4.79 Å². The molecule has 3 heteroatoms. The van der Waals surface area contributed by atoms with Crippen LogP contribution in [0.25, 0.3) is 0 Å². The standard InChI is InChI=1S/C17H18BrNO/c1-3-13-8-10-14(11-9-13)19(2)12-17(20)15-6-4-5-7-16(15)18/h4-11H,3,12H2,1-2H3. The Balaban J connectivity index is 2.09. The van der Waals surface area contributed by atoms with Crippen LogP contribution in [0.3, 0.4) is 0 Å². The topological polar surface area (TPSA) is 20.3 Å². The van der Waals surface area contributed by atoms with E-state index < -0.39 is 0 Å². The molecule has 0 saturated carbocycles. The number of nitrogens with zero attached hydrogens (tertiary/aromatic N) is 1. The van der Waals surface area contributed by atoms with Crippen molar-refractivity contribution in [2.24, 2.45) is 0 Å². The second kappa shape index (κ2) is 6.71. The van der Waals surface area contributed by atoms with E-state index >= 15 is 0 Å². The van der Waals surface area contributed by atoms with Crippen molar-refractivity contribution in [2.75, 3.05) is 18.5 Å². The summed E-state index contributed by atoms with van der Waals surface area (Å²) in [5.41, 5.74) is 3.09. The number of Topliss-reactive ketones (excluding diaryl/α,β-unsaturated/α-hetero) is 1. The highest BCUT2D eigenvalue weighted by Crippen LogP contribution is 2.19. The van der Waals surface area contributed by atoms with Crippen LogP contribution in [-0.2, 0) is 6.42 Å². The Kier molecular flexibility index (Phi) is 4.96. The predicted molar refractivity (Wildman–Crippen MR) is 87.6 cm³/mol. The monoisotopic (exact) mass is 331 g/mol. The van der Waals surface area contributed by atoms with Crippen molar-refractivity contribution in [3.63, 3.8) is 0 Å². The number of carbonyl (C=O) groups is 1. The molecule has 0 spiro atoms. The highest BCUT2D eigenvalue weighted by molar-refractivity contribution is 9.10. The predicted octanol–water partition coefficient (Wildman–Crippen LogP) is 4.33. The number of anilines is 1. The van der Waals surface area contributed by atoms with Gasteiger partial charge in [0.2, 0.25) is 0 Å². The molecular weight excluding hydrogens is 314 g/mol. The Morgan fingerprint density at radius 2 is 1.75 bits per heavy atom. The summed E-state index contributed by atoms with van der Waals surface area (Å²) >= 11 is 3.42. The summed E-state index contributed by atoms with van der Waals surface area (Å²) in [4.78, 5) is 14.3. The van der Waals surface area contributed by atoms with E-state index in [0.29, 0.717) is 6.54 Å². The first-order chi connectivity index (χ1) is 9.61. The zero-order valence-electron chi connectivity index (χ0n) is 11.8. The lowest BCUT2D eigenvalue weighted by Crippen LogP contribution is -2.25. The van der Waals surface area contributed by atoms with Crippen molar-refractivity contribution < 1.29 is 4.79 Å². The molecule has 2 aromatic rings. The summed E-state index contributed by atoms with van der Waals surface area (Å²) in [6.45, 7) is 2.50. The number of aryl methyl sites for hydroxylation is 1. The van der Waals surface area contributed by atoms with Crippen LogP contribution in [0.5, 0.6) is 0 Å². The molecule has 0 aliphatic carbocycles. The molecule has 0 atom stereocenters. The number of carbonyl (C=O) groups excluding carboxylic acids is 1. The number of hydrogen-bond donors (Lipinski definition) is 0. The SMILES string of the molecule is CCc1ccc(N(C)CC(=O)c2ccccc2Br)cc1. The first kappa shape index (κ1) is 14.8. The van der Waals surface area contributed by atoms with Crippen LogP contribution in [0.1, 0.15) is 22.8 Å². The van der Waals surface area contributed by atoms with Crippen LogP contribution in [-0.4, -0.2) is 19.4 Å². The molecule has 0 aliphatic heterocycles. The van der Waals surface area contributed by atoms with Gasteiger partial charge in [0.25, 0.3) is 0 Å². The second-order valence-electron chi connectivity index (χ2n) is 4.78. The van der Waals surface area contributed by atoms with E-state index in [1.807, 2.05) is 36.2 Å². The van der Waals surface area contributed by atoms with Gasteiger partial charge in [-0.1, -0.05) is 53.2 Å². The van der Waals surface area contributed by atoms with Gasteiger partial charge in [-0.3, -0.25) is 4.79 Å². The van der Waals surface area contributed by atoms with Gasteiger partial charge in [-0.2, -0.15) is 0 Å². The summed E-state index contributed by atoms with van der Waals surface area (Å²) < 4.78 is 0.847. The summed E-state index contributed by atoms with van der Waals surface area (Å²) in [5.74, 6) is 0.111. The van der Waals surface area contributed by atoms with Crippen molar-refractivity contribution in [3.8, 4) is 0 Å². The lowest BCUT2D eigenvalue weighted by molar-refractivity contribution is 0.0999. The second-order valence-corrected chi connectivity index (χ2v) is 5.63. The largest absolute Gasteiger partial charge is 0.367 e.